The van der Waals surface area contributed by atoms with Crippen molar-refractivity contribution in [3.05, 3.63) is 57.6 Å². The van der Waals surface area contributed by atoms with Crippen LogP contribution in [0.25, 0.3) is 0 Å². The van der Waals surface area contributed by atoms with E-state index in [4.69, 9.17) is 0 Å². The fraction of sp³-hybridized carbons (Fsp3) is 0.571. The fourth-order valence-corrected chi connectivity index (χ4v) is 4.33. The molecule has 0 amide bonds. The molecule has 0 aromatic heterocycles. The van der Waals surface area contributed by atoms with Gasteiger partial charge in [0.05, 0.1) is 0 Å². The monoisotopic (exact) mass is 552 g/mol. The van der Waals surface area contributed by atoms with Gasteiger partial charge in [0.15, 0.2) is 0 Å². The summed E-state index contributed by atoms with van der Waals surface area (Å²) < 4.78 is 0. The van der Waals surface area contributed by atoms with Gasteiger partial charge in [0, 0.05) is 37.6 Å². The van der Waals surface area contributed by atoms with E-state index in [2.05, 4.69) is 81.8 Å². The van der Waals surface area contributed by atoms with E-state index in [0.717, 1.165) is 64.7 Å². The summed E-state index contributed by atoms with van der Waals surface area (Å²) in [7, 11) is 0. The van der Waals surface area contributed by atoms with Crippen LogP contribution in [0.3, 0.4) is 0 Å². The maximum absolute atomic E-state index is 3.71. The molecule has 0 spiro atoms. The van der Waals surface area contributed by atoms with Gasteiger partial charge in [-0.15, -0.1) is 0 Å². The normalized spacial score (nSPS) is 10.1. The van der Waals surface area contributed by atoms with E-state index in [9.17, 15) is 0 Å². The molecule has 0 saturated heterocycles. The molecule has 6 heteroatoms. The van der Waals surface area contributed by atoms with Crippen LogP contribution in [0.4, 0.5) is 11.4 Å². The summed E-state index contributed by atoms with van der Waals surface area (Å²) in [6.07, 6.45) is 6.53. The predicted molar refractivity (Wildman–Crippen MR) is 139 cm³/mol. The third-order valence-corrected chi connectivity index (χ3v) is 6.27. The molecule has 34 heavy (non-hydrogen) atoms. The zero-order chi connectivity index (χ0) is 22.6. The average molecular weight is 554 g/mol. The molecule has 0 bridgehead atoms. The van der Waals surface area contributed by atoms with Crippen molar-refractivity contribution < 1.29 is 41.6 Å². The SMILES string of the molecule is CCc1cc(CC)c(NCCNCCNc2c(CC)cc(CC)cc2CC)c(CC)c1.[Cl-].[Cl-].[Co+2]. The minimum Gasteiger partial charge on any atom is -1.00 e. The van der Waals surface area contributed by atoms with Crippen LogP contribution in [0.2, 0.25) is 0 Å². The molecule has 2 aromatic rings. The van der Waals surface area contributed by atoms with E-state index >= 15 is 0 Å². The van der Waals surface area contributed by atoms with Gasteiger partial charge in [0.2, 0.25) is 0 Å². The number of aryl methyl sites for hydroxylation is 6. The molecule has 0 unspecified atom stereocenters. The zero-order valence-corrected chi connectivity index (χ0v) is 24.5. The second-order valence-corrected chi connectivity index (χ2v) is 8.30. The first-order chi connectivity index (χ1) is 15.1. The Balaban J connectivity index is 0. The molecular weight excluding hydrogens is 508 g/mol. The molecule has 0 fully saturated rings. The Morgan fingerprint density at radius 3 is 1.00 bits per heavy atom. The Kier molecular flexibility index (Phi) is 20.0. The minimum absolute atomic E-state index is 0. The van der Waals surface area contributed by atoms with E-state index in [-0.39, 0.29) is 41.6 Å². The van der Waals surface area contributed by atoms with E-state index in [1.54, 1.807) is 0 Å². The topological polar surface area (TPSA) is 36.1 Å². The van der Waals surface area contributed by atoms with E-state index < -0.39 is 0 Å². The summed E-state index contributed by atoms with van der Waals surface area (Å²) >= 11 is 0. The zero-order valence-electron chi connectivity index (χ0n) is 22.0. The summed E-state index contributed by atoms with van der Waals surface area (Å²) in [6, 6.07) is 9.50. The van der Waals surface area contributed by atoms with E-state index in [1.807, 2.05) is 0 Å². The van der Waals surface area contributed by atoms with Crippen molar-refractivity contribution >= 4 is 11.4 Å². The van der Waals surface area contributed by atoms with E-state index in [0.29, 0.717) is 0 Å². The second kappa shape index (κ2) is 19.3. The van der Waals surface area contributed by atoms with Crippen molar-refractivity contribution in [3.63, 3.8) is 0 Å². The molecular formula is C28H45Cl2CoN3. The van der Waals surface area contributed by atoms with E-state index in [1.165, 1.54) is 44.8 Å². The fourth-order valence-electron chi connectivity index (χ4n) is 4.33. The predicted octanol–water partition coefficient (Wildman–Crippen LogP) is 0.180. The average Bonchev–Trinajstić information content (AvgIpc) is 2.82. The van der Waals surface area contributed by atoms with Crippen LogP contribution in [0, 0.1) is 0 Å². The standard InChI is InChI=1S/C28H45N3.2ClH.Co/c1-7-21-17-23(9-3)27(24(10-4)18-21)30-15-13-29-14-16-31-28-25(11-5)19-22(8-2)20-26(28)12-6;;;/h17-20,29-31H,7-16H2,1-6H3;2*1H;/q;;;+2/p-2. The van der Waals surface area contributed by atoms with Gasteiger partial charge in [-0.2, -0.15) is 0 Å². The van der Waals surface area contributed by atoms with Crippen LogP contribution in [0.15, 0.2) is 24.3 Å². The third kappa shape index (κ3) is 9.98. The smallest absolute Gasteiger partial charge is 1.00 e. The third-order valence-electron chi connectivity index (χ3n) is 6.27. The quantitative estimate of drug-likeness (QED) is 0.293. The number of benzene rings is 2. The van der Waals surface area contributed by atoms with Crippen molar-refractivity contribution in [1.82, 2.24) is 5.32 Å². The van der Waals surface area contributed by atoms with Crippen LogP contribution >= 0.6 is 0 Å². The molecule has 0 heterocycles. The van der Waals surface area contributed by atoms with Gasteiger partial charge in [-0.3, -0.25) is 0 Å². The Morgan fingerprint density at radius 2 is 0.765 bits per heavy atom. The minimum atomic E-state index is 0. The summed E-state index contributed by atoms with van der Waals surface area (Å²) in [5.41, 5.74) is 11.4. The Bertz CT molecular complexity index is 710. The Labute approximate surface area is 232 Å². The number of nitrogens with one attached hydrogen (secondary N) is 3. The molecule has 3 nitrogen and oxygen atoms in total. The van der Waals surface area contributed by atoms with Crippen molar-refractivity contribution in [3.8, 4) is 0 Å². The maximum Gasteiger partial charge on any atom is 2.00 e. The van der Waals surface area contributed by atoms with Crippen LogP contribution in [0.1, 0.15) is 74.9 Å². The molecule has 3 N–H and O–H groups in total. The number of anilines is 2. The van der Waals surface area contributed by atoms with Gasteiger partial charge in [-0.05, 0) is 71.9 Å². The first-order valence-corrected chi connectivity index (χ1v) is 12.6. The maximum atomic E-state index is 3.71. The van der Waals surface area contributed by atoms with Crippen molar-refractivity contribution in [2.24, 2.45) is 0 Å². The van der Waals surface area contributed by atoms with Crippen LogP contribution in [-0.4, -0.2) is 26.2 Å². The second-order valence-electron chi connectivity index (χ2n) is 8.30. The molecule has 0 aliphatic carbocycles. The molecule has 2 aromatic carbocycles. The van der Waals surface area contributed by atoms with Crippen molar-refractivity contribution in [2.75, 3.05) is 36.8 Å². The van der Waals surface area contributed by atoms with Crippen LogP contribution in [0.5, 0.6) is 0 Å². The van der Waals surface area contributed by atoms with Gasteiger partial charge in [0.25, 0.3) is 0 Å². The number of hydrogen-bond acceptors (Lipinski definition) is 3. The first-order valence-electron chi connectivity index (χ1n) is 12.6. The van der Waals surface area contributed by atoms with Crippen molar-refractivity contribution in [2.45, 2.75) is 80.1 Å². The van der Waals surface area contributed by atoms with Gasteiger partial charge in [-0.25, -0.2) is 0 Å². The molecule has 0 aliphatic heterocycles. The molecule has 195 valence electrons. The Hall–Kier alpha value is -0.914. The van der Waals surface area contributed by atoms with Crippen molar-refractivity contribution in [1.29, 1.82) is 0 Å². The number of rotatable bonds is 14. The van der Waals surface area contributed by atoms with Gasteiger partial charge >= 0.3 is 16.8 Å². The molecule has 2 rings (SSSR count). The van der Waals surface area contributed by atoms with Crippen LogP contribution in [-0.2, 0) is 55.3 Å². The van der Waals surface area contributed by atoms with Crippen LogP contribution < -0.4 is 40.8 Å². The summed E-state index contributed by atoms with van der Waals surface area (Å²) in [5.74, 6) is 0. The summed E-state index contributed by atoms with van der Waals surface area (Å²) in [6.45, 7) is 17.4. The number of hydrogen-bond donors (Lipinski definition) is 3. The molecule has 0 atom stereocenters. The molecule has 0 saturated carbocycles. The van der Waals surface area contributed by atoms with Gasteiger partial charge < -0.3 is 40.8 Å². The largest absolute Gasteiger partial charge is 2.00 e. The van der Waals surface area contributed by atoms with Gasteiger partial charge in [0.1, 0.15) is 0 Å². The molecule has 0 aliphatic rings. The molecule has 1 radical (unpaired) electrons. The first kappa shape index (κ1) is 35.2. The summed E-state index contributed by atoms with van der Waals surface area (Å²) in [4.78, 5) is 0. The number of halogens is 2. The summed E-state index contributed by atoms with van der Waals surface area (Å²) in [5, 5.41) is 11.0. The van der Waals surface area contributed by atoms with Gasteiger partial charge in [-0.1, -0.05) is 65.8 Å². The Morgan fingerprint density at radius 1 is 0.471 bits per heavy atom.